The van der Waals surface area contributed by atoms with Gasteiger partial charge >= 0.3 is 0 Å². The van der Waals surface area contributed by atoms with Gasteiger partial charge in [0.25, 0.3) is 0 Å². The van der Waals surface area contributed by atoms with Crippen LogP contribution in [0.25, 0.3) is 0 Å². The molecular weight excluding hydrogens is 309 g/mol. The van der Waals surface area contributed by atoms with Crippen molar-refractivity contribution in [1.29, 1.82) is 0 Å². The van der Waals surface area contributed by atoms with Gasteiger partial charge in [-0.25, -0.2) is 4.39 Å². The van der Waals surface area contributed by atoms with Crippen molar-refractivity contribution in [2.24, 2.45) is 0 Å². The largest absolute Gasteiger partial charge is 0.361 e. The summed E-state index contributed by atoms with van der Waals surface area (Å²) in [7, 11) is 3.97. The molecule has 0 saturated heterocycles. The zero-order valence-corrected chi connectivity index (χ0v) is 14.0. The number of hydrogen-bond donors (Lipinski definition) is 1. The number of benzene rings is 1. The first-order valence-electron chi connectivity index (χ1n) is 8.16. The van der Waals surface area contributed by atoms with E-state index in [0.717, 1.165) is 29.9 Å². The SMILES string of the molecule is CN(C)Cc1noc2c1CC(NC(=O)Cc1ccccc1F)CC2. The highest BCUT2D eigenvalue weighted by atomic mass is 19.1. The van der Waals surface area contributed by atoms with Crippen molar-refractivity contribution >= 4 is 5.91 Å². The van der Waals surface area contributed by atoms with Gasteiger partial charge in [-0.05, 0) is 38.6 Å². The number of carbonyl (C=O) groups is 1. The molecule has 0 spiro atoms. The predicted octanol–water partition coefficient (Wildman–Crippen LogP) is 2.09. The lowest BCUT2D eigenvalue weighted by molar-refractivity contribution is -0.121. The van der Waals surface area contributed by atoms with Crippen LogP contribution in [0, 0.1) is 5.82 Å². The number of hydrogen-bond acceptors (Lipinski definition) is 4. The van der Waals surface area contributed by atoms with Crippen LogP contribution in [0.2, 0.25) is 0 Å². The highest BCUT2D eigenvalue weighted by Crippen LogP contribution is 2.25. The maximum absolute atomic E-state index is 13.7. The number of aryl methyl sites for hydroxylation is 1. The third kappa shape index (κ3) is 3.82. The van der Waals surface area contributed by atoms with E-state index < -0.39 is 0 Å². The van der Waals surface area contributed by atoms with Crippen molar-refractivity contribution < 1.29 is 13.7 Å². The molecule has 2 aromatic rings. The second-order valence-electron chi connectivity index (χ2n) is 6.54. The van der Waals surface area contributed by atoms with Crippen LogP contribution in [0.3, 0.4) is 0 Å². The van der Waals surface area contributed by atoms with Crippen LogP contribution in [0.5, 0.6) is 0 Å². The fourth-order valence-corrected chi connectivity index (χ4v) is 3.10. The first kappa shape index (κ1) is 16.6. The summed E-state index contributed by atoms with van der Waals surface area (Å²) in [6.07, 6.45) is 2.35. The lowest BCUT2D eigenvalue weighted by Crippen LogP contribution is -2.39. The molecule has 1 aliphatic carbocycles. The Morgan fingerprint density at radius 2 is 2.21 bits per heavy atom. The van der Waals surface area contributed by atoms with Crippen LogP contribution in [0.1, 0.15) is 29.0 Å². The van der Waals surface area contributed by atoms with Gasteiger partial charge in [0.05, 0.1) is 6.42 Å². The monoisotopic (exact) mass is 331 g/mol. The van der Waals surface area contributed by atoms with Crippen LogP contribution in [0.15, 0.2) is 28.8 Å². The Morgan fingerprint density at radius 1 is 1.42 bits per heavy atom. The van der Waals surface area contributed by atoms with E-state index in [4.69, 9.17) is 4.52 Å². The van der Waals surface area contributed by atoms with Gasteiger partial charge in [0, 0.05) is 24.6 Å². The molecule has 0 saturated carbocycles. The van der Waals surface area contributed by atoms with Crippen molar-refractivity contribution in [3.8, 4) is 0 Å². The summed E-state index contributed by atoms with van der Waals surface area (Å²) < 4.78 is 19.1. The maximum Gasteiger partial charge on any atom is 0.224 e. The zero-order chi connectivity index (χ0) is 17.1. The number of aromatic nitrogens is 1. The van der Waals surface area contributed by atoms with Gasteiger partial charge < -0.3 is 14.7 Å². The Labute approximate surface area is 140 Å². The number of nitrogens with one attached hydrogen (secondary N) is 1. The molecule has 1 atom stereocenters. The minimum atomic E-state index is -0.342. The van der Waals surface area contributed by atoms with Crippen LogP contribution in [0.4, 0.5) is 4.39 Å². The van der Waals surface area contributed by atoms with Gasteiger partial charge in [0.15, 0.2) is 0 Å². The van der Waals surface area contributed by atoms with Crippen molar-refractivity contribution in [3.63, 3.8) is 0 Å². The number of carbonyl (C=O) groups excluding carboxylic acids is 1. The molecule has 0 fully saturated rings. The highest BCUT2D eigenvalue weighted by molar-refractivity contribution is 5.79. The first-order chi connectivity index (χ1) is 11.5. The summed E-state index contributed by atoms with van der Waals surface area (Å²) in [6, 6.07) is 6.42. The Kier molecular flexibility index (Phi) is 4.94. The average Bonchev–Trinajstić information content (AvgIpc) is 2.91. The molecule has 0 radical (unpaired) electrons. The number of rotatable bonds is 5. The summed E-state index contributed by atoms with van der Waals surface area (Å²) in [5.41, 5.74) is 2.46. The third-order valence-electron chi connectivity index (χ3n) is 4.26. The first-order valence-corrected chi connectivity index (χ1v) is 8.16. The van der Waals surface area contributed by atoms with Gasteiger partial charge in [-0.3, -0.25) is 4.79 Å². The Hall–Kier alpha value is -2.21. The van der Waals surface area contributed by atoms with Crippen molar-refractivity contribution in [3.05, 3.63) is 52.7 Å². The molecule has 1 aliphatic rings. The second-order valence-corrected chi connectivity index (χ2v) is 6.54. The van der Waals surface area contributed by atoms with E-state index in [1.807, 2.05) is 19.0 Å². The fraction of sp³-hybridized carbons (Fsp3) is 0.444. The average molecular weight is 331 g/mol. The summed E-state index contributed by atoms with van der Waals surface area (Å²) >= 11 is 0. The number of fused-ring (bicyclic) bond motifs is 1. The number of halogens is 1. The summed E-state index contributed by atoms with van der Waals surface area (Å²) in [4.78, 5) is 14.3. The van der Waals surface area contributed by atoms with Crippen LogP contribution < -0.4 is 5.32 Å². The predicted molar refractivity (Wildman–Crippen MR) is 88.0 cm³/mol. The molecule has 6 heteroatoms. The normalized spacial score (nSPS) is 16.9. The molecule has 1 aromatic carbocycles. The van der Waals surface area contributed by atoms with Gasteiger partial charge in [0.1, 0.15) is 17.3 Å². The Morgan fingerprint density at radius 3 is 2.96 bits per heavy atom. The van der Waals surface area contributed by atoms with Gasteiger partial charge in [-0.1, -0.05) is 23.4 Å². The summed E-state index contributed by atoms with van der Waals surface area (Å²) in [5.74, 6) is 0.427. The fourth-order valence-electron chi connectivity index (χ4n) is 3.10. The quantitative estimate of drug-likeness (QED) is 0.911. The molecule has 1 unspecified atom stereocenters. The molecule has 5 nitrogen and oxygen atoms in total. The van der Waals surface area contributed by atoms with E-state index in [9.17, 15) is 9.18 Å². The van der Waals surface area contributed by atoms with Crippen LogP contribution in [-0.4, -0.2) is 36.1 Å². The summed E-state index contributed by atoms with van der Waals surface area (Å²) in [5, 5.41) is 7.17. The number of nitrogens with zero attached hydrogens (tertiary/aromatic N) is 2. The molecule has 3 rings (SSSR count). The van der Waals surface area contributed by atoms with E-state index in [0.29, 0.717) is 18.5 Å². The maximum atomic E-state index is 13.7. The van der Waals surface area contributed by atoms with E-state index >= 15 is 0 Å². The van der Waals surface area contributed by atoms with E-state index in [2.05, 4.69) is 10.5 Å². The van der Waals surface area contributed by atoms with Crippen molar-refractivity contribution in [2.45, 2.75) is 38.3 Å². The standard InChI is InChI=1S/C18H22FN3O2/c1-22(2)11-16-14-10-13(7-8-17(14)24-21-16)20-18(23)9-12-5-3-4-6-15(12)19/h3-6,13H,7-11H2,1-2H3,(H,20,23). The minimum absolute atomic E-state index is 0.0390. The van der Waals surface area contributed by atoms with Crippen molar-refractivity contribution in [1.82, 2.24) is 15.4 Å². The molecule has 0 bridgehead atoms. The molecule has 0 aliphatic heterocycles. The van der Waals surface area contributed by atoms with E-state index in [1.54, 1.807) is 18.2 Å². The lowest BCUT2D eigenvalue weighted by Gasteiger charge is -2.23. The molecule has 128 valence electrons. The molecule has 1 heterocycles. The number of amides is 1. The van der Waals surface area contributed by atoms with Gasteiger partial charge in [-0.2, -0.15) is 0 Å². The third-order valence-corrected chi connectivity index (χ3v) is 4.26. The highest BCUT2D eigenvalue weighted by Gasteiger charge is 2.26. The van der Waals surface area contributed by atoms with Gasteiger partial charge in [0.2, 0.25) is 5.91 Å². The van der Waals surface area contributed by atoms with Crippen molar-refractivity contribution in [2.75, 3.05) is 14.1 Å². The molecule has 1 amide bonds. The molecule has 1 aromatic heterocycles. The summed E-state index contributed by atoms with van der Waals surface area (Å²) in [6.45, 7) is 0.717. The Bertz CT molecular complexity index is 727. The topological polar surface area (TPSA) is 58.4 Å². The molecule has 24 heavy (non-hydrogen) atoms. The minimum Gasteiger partial charge on any atom is -0.361 e. The Balaban J connectivity index is 1.62. The second kappa shape index (κ2) is 7.13. The zero-order valence-electron chi connectivity index (χ0n) is 14.0. The molecular formula is C18H22FN3O2. The van der Waals surface area contributed by atoms with Crippen LogP contribution in [-0.2, 0) is 30.6 Å². The van der Waals surface area contributed by atoms with Gasteiger partial charge in [-0.15, -0.1) is 0 Å². The lowest BCUT2D eigenvalue weighted by atomic mass is 9.91. The smallest absolute Gasteiger partial charge is 0.224 e. The van der Waals surface area contributed by atoms with E-state index in [-0.39, 0.29) is 24.2 Å². The molecule has 1 N–H and O–H groups in total. The van der Waals surface area contributed by atoms with E-state index in [1.165, 1.54) is 6.07 Å². The van der Waals surface area contributed by atoms with Crippen LogP contribution >= 0.6 is 0 Å².